The van der Waals surface area contributed by atoms with Gasteiger partial charge in [-0.05, 0) is 25.0 Å². The first kappa shape index (κ1) is 23.5. The molecule has 0 heterocycles. The summed E-state index contributed by atoms with van der Waals surface area (Å²) in [5.41, 5.74) is 0. The topological polar surface area (TPSA) is 52.6 Å². The summed E-state index contributed by atoms with van der Waals surface area (Å²) in [6.07, 6.45) is 11.2. The van der Waals surface area contributed by atoms with Gasteiger partial charge in [0.1, 0.15) is 0 Å². The summed E-state index contributed by atoms with van der Waals surface area (Å²) < 4.78 is 10.8. The van der Waals surface area contributed by atoms with Crippen LogP contribution in [0.1, 0.15) is 90.9 Å². The summed E-state index contributed by atoms with van der Waals surface area (Å²) in [6.45, 7) is 4.31. The minimum absolute atomic E-state index is 0.136. The molecule has 0 unspecified atom stereocenters. The van der Waals surface area contributed by atoms with E-state index in [2.05, 4.69) is 13.8 Å². The Morgan fingerprint density at radius 2 is 1.30 bits per heavy atom. The third-order valence-electron chi connectivity index (χ3n) is 4.34. The maximum Gasteiger partial charge on any atom is 0.311 e. The van der Waals surface area contributed by atoms with Crippen molar-refractivity contribution in [1.29, 1.82) is 0 Å². The van der Waals surface area contributed by atoms with Crippen molar-refractivity contribution in [3.8, 4) is 11.5 Å². The molecular formula is C22H33ClO4. The van der Waals surface area contributed by atoms with Crippen LogP contribution in [0, 0.1) is 0 Å². The van der Waals surface area contributed by atoms with Gasteiger partial charge in [-0.25, -0.2) is 0 Å². The molecule has 0 aliphatic carbocycles. The lowest BCUT2D eigenvalue weighted by atomic mass is 10.1. The molecule has 27 heavy (non-hydrogen) atoms. The van der Waals surface area contributed by atoms with Crippen molar-refractivity contribution in [1.82, 2.24) is 0 Å². The zero-order valence-corrected chi connectivity index (χ0v) is 17.5. The minimum Gasteiger partial charge on any atom is -0.422 e. The number of carbonyl (C=O) groups is 2. The first-order valence-corrected chi connectivity index (χ1v) is 10.7. The van der Waals surface area contributed by atoms with E-state index < -0.39 is 0 Å². The van der Waals surface area contributed by atoms with Gasteiger partial charge in [-0.3, -0.25) is 9.59 Å². The fraction of sp³-hybridized carbons (Fsp3) is 0.636. The van der Waals surface area contributed by atoms with E-state index in [1.54, 1.807) is 18.2 Å². The van der Waals surface area contributed by atoms with E-state index in [0.29, 0.717) is 12.8 Å². The number of esters is 2. The quantitative estimate of drug-likeness (QED) is 0.195. The number of ether oxygens (including phenoxy) is 2. The molecular weight excluding hydrogens is 364 g/mol. The molecule has 0 atom stereocenters. The van der Waals surface area contributed by atoms with E-state index in [-0.39, 0.29) is 28.5 Å². The van der Waals surface area contributed by atoms with Crippen LogP contribution in [0.5, 0.6) is 11.5 Å². The molecule has 1 aromatic carbocycles. The van der Waals surface area contributed by atoms with Gasteiger partial charge in [-0.15, -0.1) is 0 Å². The van der Waals surface area contributed by atoms with Crippen molar-refractivity contribution in [2.24, 2.45) is 0 Å². The second-order valence-corrected chi connectivity index (χ2v) is 7.25. The number of unbranched alkanes of at least 4 members (excludes halogenated alkanes) is 8. The van der Waals surface area contributed by atoms with E-state index in [1.165, 1.54) is 19.3 Å². The van der Waals surface area contributed by atoms with Gasteiger partial charge in [0.15, 0.2) is 11.5 Å². The van der Waals surface area contributed by atoms with Crippen LogP contribution in [-0.4, -0.2) is 11.9 Å². The Hall–Kier alpha value is -1.55. The predicted octanol–water partition coefficient (Wildman–Crippen LogP) is 6.87. The number of rotatable bonds is 14. The molecule has 0 saturated heterocycles. The minimum atomic E-state index is -0.350. The van der Waals surface area contributed by atoms with Crippen molar-refractivity contribution in [2.75, 3.05) is 0 Å². The Morgan fingerprint density at radius 3 is 1.85 bits per heavy atom. The Morgan fingerprint density at radius 1 is 0.778 bits per heavy atom. The van der Waals surface area contributed by atoms with Crippen LogP contribution < -0.4 is 9.47 Å². The Balaban J connectivity index is 2.50. The van der Waals surface area contributed by atoms with Gasteiger partial charge >= 0.3 is 11.9 Å². The van der Waals surface area contributed by atoms with Crippen molar-refractivity contribution >= 4 is 23.5 Å². The van der Waals surface area contributed by atoms with E-state index in [9.17, 15) is 9.59 Å². The highest BCUT2D eigenvalue weighted by atomic mass is 35.5. The number of benzene rings is 1. The van der Waals surface area contributed by atoms with Crippen molar-refractivity contribution < 1.29 is 19.1 Å². The summed E-state index contributed by atoms with van der Waals surface area (Å²) in [5, 5.41) is 0.266. The van der Waals surface area contributed by atoms with Gasteiger partial charge in [-0.1, -0.05) is 82.9 Å². The molecule has 4 nitrogen and oxygen atoms in total. The number of carbonyl (C=O) groups excluding carboxylic acids is 2. The van der Waals surface area contributed by atoms with Crippen LogP contribution in [0.25, 0.3) is 0 Å². The number of hydrogen-bond acceptors (Lipinski definition) is 4. The van der Waals surface area contributed by atoms with Crippen LogP contribution >= 0.6 is 11.6 Å². The fourth-order valence-corrected chi connectivity index (χ4v) is 2.96. The second-order valence-electron chi connectivity index (χ2n) is 6.84. The highest BCUT2D eigenvalue weighted by molar-refractivity contribution is 6.32. The van der Waals surface area contributed by atoms with E-state index in [4.69, 9.17) is 21.1 Å². The van der Waals surface area contributed by atoms with E-state index in [1.807, 2.05) is 0 Å². The summed E-state index contributed by atoms with van der Waals surface area (Å²) >= 11 is 6.15. The van der Waals surface area contributed by atoms with Gasteiger partial charge in [0, 0.05) is 12.8 Å². The second kappa shape index (κ2) is 14.5. The van der Waals surface area contributed by atoms with Gasteiger partial charge in [0.05, 0.1) is 5.02 Å². The SMILES string of the molecule is CCCCCCCC(=O)Oc1cccc(Cl)c1OC(=O)CCCCCCC. The van der Waals surface area contributed by atoms with Crippen LogP contribution in [0.4, 0.5) is 0 Å². The largest absolute Gasteiger partial charge is 0.422 e. The number of hydrogen-bond donors (Lipinski definition) is 0. The van der Waals surface area contributed by atoms with Crippen molar-refractivity contribution in [2.45, 2.75) is 90.9 Å². The number of para-hydroxylation sites is 1. The number of halogens is 1. The molecule has 0 amide bonds. The summed E-state index contributed by atoms with van der Waals surface area (Å²) in [4.78, 5) is 24.1. The zero-order chi connectivity index (χ0) is 19.9. The first-order valence-electron chi connectivity index (χ1n) is 10.3. The van der Waals surface area contributed by atoms with Crippen molar-refractivity contribution in [3.63, 3.8) is 0 Å². The van der Waals surface area contributed by atoms with E-state index in [0.717, 1.165) is 44.9 Å². The highest BCUT2D eigenvalue weighted by Crippen LogP contribution is 2.35. The molecule has 0 aromatic heterocycles. The molecule has 0 radical (unpaired) electrons. The molecule has 0 aliphatic heterocycles. The maximum atomic E-state index is 12.1. The molecule has 0 bridgehead atoms. The molecule has 1 aromatic rings. The Kier molecular flexibility index (Phi) is 12.6. The average Bonchev–Trinajstić information content (AvgIpc) is 2.64. The smallest absolute Gasteiger partial charge is 0.311 e. The highest BCUT2D eigenvalue weighted by Gasteiger charge is 2.16. The van der Waals surface area contributed by atoms with Gasteiger partial charge < -0.3 is 9.47 Å². The monoisotopic (exact) mass is 396 g/mol. The zero-order valence-electron chi connectivity index (χ0n) is 16.7. The van der Waals surface area contributed by atoms with Crippen molar-refractivity contribution in [3.05, 3.63) is 23.2 Å². The Bertz CT molecular complexity index is 571. The molecule has 5 heteroatoms. The van der Waals surface area contributed by atoms with Crippen LogP contribution in [0.2, 0.25) is 5.02 Å². The van der Waals surface area contributed by atoms with E-state index >= 15 is 0 Å². The molecule has 1 rings (SSSR count). The predicted molar refractivity (Wildman–Crippen MR) is 109 cm³/mol. The van der Waals surface area contributed by atoms with Gasteiger partial charge in [0.25, 0.3) is 0 Å². The third kappa shape index (κ3) is 10.4. The summed E-state index contributed by atoms with van der Waals surface area (Å²) in [7, 11) is 0. The van der Waals surface area contributed by atoms with Crippen LogP contribution in [0.15, 0.2) is 18.2 Å². The van der Waals surface area contributed by atoms with Gasteiger partial charge in [-0.2, -0.15) is 0 Å². The lowest BCUT2D eigenvalue weighted by Crippen LogP contribution is -2.12. The van der Waals surface area contributed by atoms with Gasteiger partial charge in [0.2, 0.25) is 0 Å². The maximum absolute atomic E-state index is 12.1. The van der Waals surface area contributed by atoms with Crippen LogP contribution in [-0.2, 0) is 9.59 Å². The molecule has 0 N–H and O–H groups in total. The molecule has 0 fully saturated rings. The lowest BCUT2D eigenvalue weighted by molar-refractivity contribution is -0.137. The summed E-state index contributed by atoms with van der Waals surface area (Å²) in [5.74, 6) is -0.334. The summed E-state index contributed by atoms with van der Waals surface area (Å²) in [6, 6.07) is 4.90. The fourth-order valence-electron chi connectivity index (χ4n) is 2.75. The first-order chi connectivity index (χ1) is 13.1. The molecule has 152 valence electrons. The Labute approximate surface area is 168 Å². The third-order valence-corrected chi connectivity index (χ3v) is 4.64. The lowest BCUT2D eigenvalue weighted by Gasteiger charge is -2.12. The average molecular weight is 397 g/mol. The molecule has 0 saturated carbocycles. The molecule has 0 aliphatic rings. The van der Waals surface area contributed by atoms with Crippen LogP contribution in [0.3, 0.4) is 0 Å². The standard InChI is InChI=1S/C22H33ClO4/c1-3-5-7-9-11-16-20(24)26-19-15-13-14-18(23)22(19)27-21(25)17-12-10-8-6-4-2/h13-15H,3-12,16-17H2,1-2H3. The normalized spacial score (nSPS) is 10.6. The molecule has 0 spiro atoms.